The monoisotopic (exact) mass is 387 g/mol. The van der Waals surface area contributed by atoms with Gasteiger partial charge in [0.1, 0.15) is 0 Å². The summed E-state index contributed by atoms with van der Waals surface area (Å²) in [6, 6.07) is 25.9. The first-order chi connectivity index (χ1) is 13.4. The van der Waals surface area contributed by atoms with Crippen LogP contribution in [0.3, 0.4) is 0 Å². The van der Waals surface area contributed by atoms with E-state index in [1.807, 2.05) is 0 Å². The largest absolute Gasteiger partial charge is 0.303 e. The molecule has 134 valence electrons. The van der Waals surface area contributed by atoms with E-state index in [1.165, 1.54) is 27.8 Å². The molecule has 3 heteroatoms. The van der Waals surface area contributed by atoms with E-state index < -0.39 is 0 Å². The second kappa shape index (κ2) is 8.96. The van der Waals surface area contributed by atoms with Gasteiger partial charge < -0.3 is 5.32 Å². The zero-order valence-corrected chi connectivity index (χ0v) is 16.5. The summed E-state index contributed by atoms with van der Waals surface area (Å²) in [5, 5.41) is 12.4. The highest BCUT2D eigenvalue weighted by molar-refractivity contribution is 7.08. The maximum Gasteiger partial charge on any atom is 0.0579 e. The highest BCUT2D eigenvalue weighted by atomic mass is 32.1. The summed E-state index contributed by atoms with van der Waals surface area (Å²) in [7, 11) is 0. The van der Waals surface area contributed by atoms with Crippen molar-refractivity contribution in [1.29, 1.82) is 0 Å². The molecule has 0 spiro atoms. The van der Waals surface area contributed by atoms with Crippen molar-refractivity contribution in [2.75, 3.05) is 6.54 Å². The molecular weight excluding hydrogens is 366 g/mol. The van der Waals surface area contributed by atoms with Crippen LogP contribution in [0.25, 0.3) is 5.57 Å². The predicted octanol–water partition coefficient (Wildman–Crippen LogP) is 6.62. The van der Waals surface area contributed by atoms with Gasteiger partial charge in [0.15, 0.2) is 0 Å². The van der Waals surface area contributed by atoms with Crippen LogP contribution < -0.4 is 5.32 Å². The first-order valence-electron chi connectivity index (χ1n) is 9.00. The highest BCUT2D eigenvalue weighted by Gasteiger charge is 2.13. The van der Waals surface area contributed by atoms with E-state index in [0.717, 1.165) is 6.54 Å². The van der Waals surface area contributed by atoms with Crippen LogP contribution in [-0.4, -0.2) is 6.54 Å². The zero-order chi connectivity index (χ0) is 18.3. The summed E-state index contributed by atoms with van der Waals surface area (Å²) in [4.78, 5) is 0. The normalized spacial score (nSPS) is 10.9. The molecule has 2 aromatic carbocycles. The lowest BCUT2D eigenvalue weighted by atomic mass is 9.98. The van der Waals surface area contributed by atoms with Crippen molar-refractivity contribution < 1.29 is 0 Å². The summed E-state index contributed by atoms with van der Waals surface area (Å²) >= 11 is 3.48. The van der Waals surface area contributed by atoms with Crippen LogP contribution in [0.1, 0.15) is 28.3 Å². The topological polar surface area (TPSA) is 12.0 Å². The Kier molecular flexibility index (Phi) is 5.95. The molecule has 4 aromatic rings. The predicted molar refractivity (Wildman–Crippen MR) is 118 cm³/mol. The van der Waals surface area contributed by atoms with Crippen molar-refractivity contribution in [2.24, 2.45) is 0 Å². The number of rotatable bonds is 7. The molecule has 0 aliphatic rings. The molecule has 0 amide bonds. The van der Waals surface area contributed by atoms with Gasteiger partial charge in [0.2, 0.25) is 0 Å². The maximum atomic E-state index is 3.74. The lowest BCUT2D eigenvalue weighted by Crippen LogP contribution is -2.22. The third kappa shape index (κ3) is 4.45. The Morgan fingerprint density at radius 1 is 0.741 bits per heavy atom. The number of hydrogen-bond donors (Lipinski definition) is 1. The van der Waals surface area contributed by atoms with Crippen LogP contribution in [0.4, 0.5) is 0 Å². The quantitative estimate of drug-likeness (QED) is 0.376. The van der Waals surface area contributed by atoms with Gasteiger partial charge in [0.25, 0.3) is 0 Å². The van der Waals surface area contributed by atoms with E-state index in [9.17, 15) is 0 Å². The number of hydrogen-bond acceptors (Lipinski definition) is 3. The van der Waals surface area contributed by atoms with Crippen LogP contribution >= 0.6 is 22.7 Å². The lowest BCUT2D eigenvalue weighted by Gasteiger charge is -2.19. The minimum atomic E-state index is 0.176. The molecule has 0 saturated heterocycles. The van der Waals surface area contributed by atoms with Crippen molar-refractivity contribution in [2.45, 2.75) is 6.04 Å². The van der Waals surface area contributed by atoms with Crippen LogP contribution in [0.5, 0.6) is 0 Å². The number of benzene rings is 2. The summed E-state index contributed by atoms with van der Waals surface area (Å²) in [6.07, 6.45) is 2.31. The molecule has 0 saturated carbocycles. The fraction of sp³-hybridized carbons (Fsp3) is 0.0833. The summed E-state index contributed by atoms with van der Waals surface area (Å²) in [5.74, 6) is 0. The third-order valence-electron chi connectivity index (χ3n) is 4.56. The van der Waals surface area contributed by atoms with Gasteiger partial charge in [-0.1, -0.05) is 66.7 Å². The molecule has 0 radical (unpaired) electrons. The van der Waals surface area contributed by atoms with E-state index in [-0.39, 0.29) is 6.04 Å². The molecular formula is C24H21NS2. The minimum absolute atomic E-state index is 0.176. The summed E-state index contributed by atoms with van der Waals surface area (Å²) < 4.78 is 0. The number of nitrogens with one attached hydrogen (secondary N) is 1. The highest BCUT2D eigenvalue weighted by Crippen LogP contribution is 2.27. The van der Waals surface area contributed by atoms with Gasteiger partial charge in [0.05, 0.1) is 6.04 Å². The van der Waals surface area contributed by atoms with E-state index in [2.05, 4.69) is 106 Å². The van der Waals surface area contributed by atoms with E-state index in [4.69, 9.17) is 0 Å². The molecule has 0 atom stereocenters. The van der Waals surface area contributed by atoms with Gasteiger partial charge in [-0.2, -0.15) is 22.7 Å². The fourth-order valence-electron chi connectivity index (χ4n) is 3.24. The first-order valence-corrected chi connectivity index (χ1v) is 10.9. The zero-order valence-electron chi connectivity index (χ0n) is 14.9. The average Bonchev–Trinajstić information content (AvgIpc) is 3.44. The fourth-order valence-corrected chi connectivity index (χ4v) is 4.55. The lowest BCUT2D eigenvalue weighted by molar-refractivity contribution is 0.653. The average molecular weight is 388 g/mol. The van der Waals surface area contributed by atoms with Gasteiger partial charge >= 0.3 is 0 Å². The van der Waals surface area contributed by atoms with Crippen molar-refractivity contribution in [3.05, 3.63) is 123 Å². The third-order valence-corrected chi connectivity index (χ3v) is 5.92. The Hall–Kier alpha value is -2.46. The minimum Gasteiger partial charge on any atom is -0.303 e. The molecule has 0 aliphatic heterocycles. The van der Waals surface area contributed by atoms with Crippen LogP contribution in [0.15, 0.2) is 100 Å². The van der Waals surface area contributed by atoms with Gasteiger partial charge in [-0.3, -0.25) is 0 Å². The first kappa shape index (κ1) is 17.9. The Morgan fingerprint density at radius 2 is 1.26 bits per heavy atom. The van der Waals surface area contributed by atoms with Crippen molar-refractivity contribution >= 4 is 28.2 Å². The molecule has 1 nitrogen and oxygen atoms in total. The van der Waals surface area contributed by atoms with Gasteiger partial charge in [-0.25, -0.2) is 0 Å². The summed E-state index contributed by atoms with van der Waals surface area (Å²) in [5.41, 5.74) is 6.44. The Labute approximate surface area is 168 Å². The molecule has 4 rings (SSSR count). The van der Waals surface area contributed by atoms with Crippen molar-refractivity contribution in [1.82, 2.24) is 5.32 Å². The standard InChI is InChI=1S/C24H21NS2/c1-3-7-19(8-4-1)24(20-9-5-2-6-10-20)25-14-11-23(21-12-15-26-17-21)22-13-16-27-18-22/h1-13,15-18,24-25H,14H2. The van der Waals surface area contributed by atoms with E-state index >= 15 is 0 Å². The van der Waals surface area contributed by atoms with Crippen LogP contribution in [-0.2, 0) is 0 Å². The molecule has 27 heavy (non-hydrogen) atoms. The van der Waals surface area contributed by atoms with Gasteiger partial charge in [-0.05, 0) is 61.5 Å². The molecule has 2 heterocycles. The maximum absolute atomic E-state index is 3.74. The number of thiophene rings is 2. The molecule has 1 N–H and O–H groups in total. The van der Waals surface area contributed by atoms with Gasteiger partial charge in [0, 0.05) is 6.54 Å². The molecule has 2 aromatic heterocycles. The molecule has 0 bridgehead atoms. The molecule has 0 fully saturated rings. The second-order valence-electron chi connectivity index (χ2n) is 6.30. The van der Waals surface area contributed by atoms with E-state index in [1.54, 1.807) is 22.7 Å². The van der Waals surface area contributed by atoms with Gasteiger partial charge in [-0.15, -0.1) is 0 Å². The Bertz CT molecular complexity index is 880. The van der Waals surface area contributed by atoms with Crippen molar-refractivity contribution in [3.63, 3.8) is 0 Å². The van der Waals surface area contributed by atoms with Crippen LogP contribution in [0, 0.1) is 0 Å². The summed E-state index contributed by atoms with van der Waals surface area (Å²) in [6.45, 7) is 0.801. The van der Waals surface area contributed by atoms with E-state index in [0.29, 0.717) is 0 Å². The van der Waals surface area contributed by atoms with Crippen molar-refractivity contribution in [3.8, 4) is 0 Å². The van der Waals surface area contributed by atoms with Crippen LogP contribution in [0.2, 0.25) is 0 Å². The second-order valence-corrected chi connectivity index (χ2v) is 7.86. The molecule has 0 unspecified atom stereocenters. The molecule has 0 aliphatic carbocycles. The smallest absolute Gasteiger partial charge is 0.0579 e. The Morgan fingerprint density at radius 3 is 1.70 bits per heavy atom. The SMILES string of the molecule is C(CNC(c1ccccc1)c1ccccc1)=C(c1ccsc1)c1ccsc1. The Balaban J connectivity index is 1.59.